The fourth-order valence-electron chi connectivity index (χ4n) is 2.35. The lowest BCUT2D eigenvalue weighted by molar-refractivity contribution is 0.0523. The maximum atomic E-state index is 12.1. The molecule has 1 saturated heterocycles. The zero-order valence-corrected chi connectivity index (χ0v) is 12.7. The maximum absolute atomic E-state index is 12.1. The topological polar surface area (TPSA) is 73.2 Å². The van der Waals surface area contributed by atoms with Gasteiger partial charge in [0, 0.05) is 32.5 Å². The van der Waals surface area contributed by atoms with E-state index in [4.69, 9.17) is 4.74 Å². The van der Waals surface area contributed by atoms with Gasteiger partial charge in [-0.3, -0.25) is 4.68 Å². The van der Waals surface area contributed by atoms with Gasteiger partial charge in [0.1, 0.15) is 4.90 Å². The van der Waals surface area contributed by atoms with Gasteiger partial charge >= 0.3 is 0 Å². The van der Waals surface area contributed by atoms with Crippen LogP contribution in [-0.4, -0.2) is 38.0 Å². The van der Waals surface area contributed by atoms with Crippen LogP contribution in [0.4, 0.5) is 0 Å². The Morgan fingerprint density at radius 2 is 2.40 bits per heavy atom. The van der Waals surface area contributed by atoms with Crippen LogP contribution in [0.3, 0.4) is 0 Å². The molecule has 0 spiro atoms. The maximum Gasteiger partial charge on any atom is 0.243 e. The summed E-state index contributed by atoms with van der Waals surface area (Å²) in [6.45, 7) is 4.79. The van der Waals surface area contributed by atoms with Crippen molar-refractivity contribution in [3.8, 4) is 0 Å². The molecule has 0 aliphatic carbocycles. The summed E-state index contributed by atoms with van der Waals surface area (Å²) in [5.74, 6) is 0.467. The summed E-state index contributed by atoms with van der Waals surface area (Å²) in [5.41, 5.74) is 0. The molecule has 1 fully saturated rings. The highest BCUT2D eigenvalue weighted by molar-refractivity contribution is 7.89. The Bertz CT molecular complexity index is 507. The molecule has 2 rings (SSSR count). The van der Waals surface area contributed by atoms with Crippen LogP contribution in [0.25, 0.3) is 0 Å². The van der Waals surface area contributed by atoms with Crippen LogP contribution in [0.15, 0.2) is 17.3 Å². The van der Waals surface area contributed by atoms with E-state index in [0.717, 1.165) is 45.4 Å². The largest absolute Gasteiger partial charge is 0.381 e. The van der Waals surface area contributed by atoms with Crippen molar-refractivity contribution in [3.63, 3.8) is 0 Å². The zero-order chi connectivity index (χ0) is 14.4. The van der Waals surface area contributed by atoms with Gasteiger partial charge in [-0.2, -0.15) is 5.10 Å². The Morgan fingerprint density at radius 1 is 1.55 bits per heavy atom. The quantitative estimate of drug-likeness (QED) is 0.826. The molecule has 0 radical (unpaired) electrons. The number of hydrogen-bond donors (Lipinski definition) is 1. The molecule has 7 heteroatoms. The van der Waals surface area contributed by atoms with Crippen molar-refractivity contribution < 1.29 is 13.2 Å². The van der Waals surface area contributed by atoms with Crippen LogP contribution in [0.1, 0.15) is 32.6 Å². The number of sulfonamides is 1. The lowest BCUT2D eigenvalue weighted by Gasteiger charge is -2.21. The summed E-state index contributed by atoms with van der Waals surface area (Å²) >= 11 is 0. The number of aromatic nitrogens is 2. The summed E-state index contributed by atoms with van der Waals surface area (Å²) < 4.78 is 33.9. The second-order valence-corrected chi connectivity index (χ2v) is 6.98. The molecule has 1 aliphatic heterocycles. The van der Waals surface area contributed by atoms with Gasteiger partial charge in [0.2, 0.25) is 10.0 Å². The third-order valence-corrected chi connectivity index (χ3v) is 4.89. The van der Waals surface area contributed by atoms with Crippen LogP contribution < -0.4 is 4.72 Å². The first-order chi connectivity index (χ1) is 9.62. The summed E-state index contributed by atoms with van der Waals surface area (Å²) in [6.07, 6.45) is 6.92. The Labute approximate surface area is 120 Å². The second-order valence-electron chi connectivity index (χ2n) is 5.21. The van der Waals surface area contributed by atoms with Gasteiger partial charge in [0.15, 0.2) is 0 Å². The number of hydrogen-bond acceptors (Lipinski definition) is 4. The first-order valence-electron chi connectivity index (χ1n) is 7.21. The zero-order valence-electron chi connectivity index (χ0n) is 11.9. The molecule has 0 bridgehead atoms. The van der Waals surface area contributed by atoms with E-state index in [1.54, 1.807) is 10.9 Å². The van der Waals surface area contributed by atoms with E-state index >= 15 is 0 Å². The van der Waals surface area contributed by atoms with Crippen molar-refractivity contribution in [1.29, 1.82) is 0 Å². The highest BCUT2D eigenvalue weighted by Crippen LogP contribution is 2.16. The van der Waals surface area contributed by atoms with Crippen LogP contribution in [0.2, 0.25) is 0 Å². The van der Waals surface area contributed by atoms with Gasteiger partial charge in [-0.05, 0) is 31.6 Å². The van der Waals surface area contributed by atoms with Gasteiger partial charge in [0.25, 0.3) is 0 Å². The van der Waals surface area contributed by atoms with Crippen LogP contribution in [0, 0.1) is 5.92 Å². The molecule has 0 saturated carbocycles. The molecule has 1 aliphatic rings. The molecule has 0 amide bonds. The van der Waals surface area contributed by atoms with E-state index in [1.807, 2.05) is 6.92 Å². The van der Waals surface area contributed by atoms with Crippen molar-refractivity contribution in [2.75, 3.05) is 19.8 Å². The lowest BCUT2D eigenvalue weighted by Crippen LogP contribution is -2.28. The minimum Gasteiger partial charge on any atom is -0.381 e. The van der Waals surface area contributed by atoms with Crippen molar-refractivity contribution >= 4 is 10.0 Å². The van der Waals surface area contributed by atoms with E-state index in [1.165, 1.54) is 6.20 Å². The standard InChI is InChI=1S/C13H23N3O3S/c1-2-7-16-10-13(9-14-16)20(17,18)15-6-5-12-4-3-8-19-11-12/h9-10,12,15H,2-8,11H2,1H3/t12-/m1/s1. The fraction of sp³-hybridized carbons (Fsp3) is 0.769. The lowest BCUT2D eigenvalue weighted by atomic mass is 9.99. The molecule has 6 nitrogen and oxygen atoms in total. The second kappa shape index (κ2) is 7.19. The summed E-state index contributed by atoms with van der Waals surface area (Å²) in [7, 11) is -3.43. The molecule has 1 N–H and O–H groups in total. The summed E-state index contributed by atoms with van der Waals surface area (Å²) in [6, 6.07) is 0. The van der Waals surface area contributed by atoms with E-state index in [9.17, 15) is 8.42 Å². The molecular weight excluding hydrogens is 278 g/mol. The van der Waals surface area contributed by atoms with Crippen LogP contribution in [0.5, 0.6) is 0 Å². The van der Waals surface area contributed by atoms with Gasteiger partial charge in [-0.25, -0.2) is 13.1 Å². The average Bonchev–Trinajstić information content (AvgIpc) is 2.90. The minimum absolute atomic E-state index is 0.242. The number of nitrogens with zero attached hydrogens (tertiary/aromatic N) is 2. The van der Waals surface area contributed by atoms with Gasteiger partial charge in [-0.1, -0.05) is 6.92 Å². The Hall–Kier alpha value is -0.920. The predicted molar refractivity (Wildman–Crippen MR) is 75.9 cm³/mol. The number of nitrogens with one attached hydrogen (secondary N) is 1. The molecule has 0 unspecified atom stereocenters. The molecular formula is C13H23N3O3S. The molecule has 1 aromatic rings. The highest BCUT2D eigenvalue weighted by atomic mass is 32.2. The third-order valence-electron chi connectivity index (χ3n) is 3.47. The van der Waals surface area contributed by atoms with Crippen LogP contribution in [-0.2, 0) is 21.3 Å². The summed E-state index contributed by atoms with van der Waals surface area (Å²) in [5, 5.41) is 4.05. The van der Waals surface area contributed by atoms with E-state index < -0.39 is 10.0 Å². The van der Waals surface area contributed by atoms with Gasteiger partial charge in [-0.15, -0.1) is 0 Å². The molecule has 0 aromatic carbocycles. The minimum atomic E-state index is -3.43. The molecule has 20 heavy (non-hydrogen) atoms. The fourth-order valence-corrected chi connectivity index (χ4v) is 3.35. The number of ether oxygens (including phenoxy) is 1. The molecule has 114 valence electrons. The molecule has 2 heterocycles. The van der Waals surface area contributed by atoms with Gasteiger partial charge in [0.05, 0.1) is 6.20 Å². The Balaban J connectivity index is 1.83. The van der Waals surface area contributed by atoms with Gasteiger partial charge < -0.3 is 4.74 Å². The molecule has 1 atom stereocenters. The van der Waals surface area contributed by atoms with Crippen molar-refractivity contribution in [3.05, 3.63) is 12.4 Å². The highest BCUT2D eigenvalue weighted by Gasteiger charge is 2.18. The van der Waals surface area contributed by atoms with E-state index in [-0.39, 0.29) is 4.90 Å². The first kappa shape index (κ1) is 15.5. The smallest absolute Gasteiger partial charge is 0.243 e. The van der Waals surface area contributed by atoms with E-state index in [0.29, 0.717) is 12.5 Å². The third kappa shape index (κ3) is 4.29. The van der Waals surface area contributed by atoms with Crippen molar-refractivity contribution in [2.24, 2.45) is 5.92 Å². The van der Waals surface area contributed by atoms with E-state index in [2.05, 4.69) is 9.82 Å². The van der Waals surface area contributed by atoms with Crippen molar-refractivity contribution in [1.82, 2.24) is 14.5 Å². The number of aryl methyl sites for hydroxylation is 1. The SMILES string of the molecule is CCCn1cc(S(=O)(=O)NCC[C@H]2CCCOC2)cn1. The predicted octanol–water partition coefficient (Wildman–Crippen LogP) is 1.39. The normalized spacial score (nSPS) is 20.1. The monoisotopic (exact) mass is 301 g/mol. The summed E-state index contributed by atoms with van der Waals surface area (Å²) in [4.78, 5) is 0.242. The Morgan fingerprint density at radius 3 is 3.10 bits per heavy atom. The van der Waals surface area contributed by atoms with Crippen molar-refractivity contribution in [2.45, 2.75) is 44.0 Å². The molecule has 1 aromatic heterocycles. The van der Waals surface area contributed by atoms with Crippen LogP contribution >= 0.6 is 0 Å². The number of rotatable bonds is 7. The first-order valence-corrected chi connectivity index (χ1v) is 8.70. The average molecular weight is 301 g/mol. The Kier molecular flexibility index (Phi) is 5.56.